The second kappa shape index (κ2) is 7.84. The second-order valence-electron chi connectivity index (χ2n) is 5.13. The summed E-state index contributed by atoms with van der Waals surface area (Å²) in [6.07, 6.45) is 0. The van der Waals surface area contributed by atoms with Crippen LogP contribution in [0.15, 0.2) is 32.3 Å². The van der Waals surface area contributed by atoms with E-state index in [2.05, 4.69) is 15.5 Å². The summed E-state index contributed by atoms with van der Waals surface area (Å²) in [7, 11) is -2.20. The van der Waals surface area contributed by atoms with Crippen LogP contribution in [-0.2, 0) is 14.8 Å². The van der Waals surface area contributed by atoms with E-state index >= 15 is 0 Å². The molecule has 0 saturated carbocycles. The van der Waals surface area contributed by atoms with Crippen LogP contribution in [0, 0.1) is 10.1 Å². The van der Waals surface area contributed by atoms with Crippen LogP contribution in [-0.4, -0.2) is 61.2 Å². The van der Waals surface area contributed by atoms with Crippen molar-refractivity contribution in [3.63, 3.8) is 0 Å². The molecule has 140 valence electrons. The fraction of sp³-hybridized carbons (Fsp3) is 0.385. The Morgan fingerprint density at radius 3 is 2.69 bits per heavy atom. The van der Waals surface area contributed by atoms with Crippen LogP contribution in [0.3, 0.4) is 0 Å². The summed E-state index contributed by atoms with van der Waals surface area (Å²) >= 11 is 2.37. The molecular formula is C13H15N5O5S3. The Bertz CT molecular complexity index is 911. The van der Waals surface area contributed by atoms with Gasteiger partial charge in [-0.1, -0.05) is 23.1 Å². The number of nitro groups is 1. The van der Waals surface area contributed by atoms with Gasteiger partial charge in [0, 0.05) is 37.2 Å². The first kappa shape index (κ1) is 19.0. The Hall–Kier alpha value is -1.80. The molecule has 0 bridgehead atoms. The first-order valence-electron chi connectivity index (χ1n) is 7.47. The van der Waals surface area contributed by atoms with E-state index in [0.717, 1.165) is 17.8 Å². The summed E-state index contributed by atoms with van der Waals surface area (Å²) in [6.45, 7) is 0.993. The number of aromatic nitrogens is 2. The quantitative estimate of drug-likeness (QED) is 0.551. The molecule has 13 heteroatoms. The van der Waals surface area contributed by atoms with Crippen LogP contribution in [0.5, 0.6) is 0 Å². The van der Waals surface area contributed by atoms with Crippen molar-refractivity contribution in [1.29, 1.82) is 0 Å². The molecule has 26 heavy (non-hydrogen) atoms. The molecule has 0 unspecified atom stereocenters. The number of sulfonamides is 1. The van der Waals surface area contributed by atoms with Crippen molar-refractivity contribution in [2.75, 3.05) is 38.7 Å². The molecule has 1 N–H and O–H groups in total. The standard InChI is InChI=1S/C13H15N5O5S3/c1-14-12-15-16-13(25-12)24-10-3-2-9(18(19)20)8-11(10)26(21,22)17-4-6-23-7-5-17/h2-3,8H,4-7H2,1H3,(H,14,15). The SMILES string of the molecule is CNc1nnc(Sc2ccc([N+](=O)[O-])cc2S(=O)(=O)N2CCOCC2)s1. The maximum atomic E-state index is 13.0. The Labute approximate surface area is 157 Å². The number of hydrogen-bond donors (Lipinski definition) is 1. The van der Waals surface area contributed by atoms with Crippen LogP contribution in [0.1, 0.15) is 0 Å². The largest absolute Gasteiger partial charge is 0.379 e. The second-order valence-corrected chi connectivity index (χ2v) is 9.30. The minimum atomic E-state index is -3.90. The van der Waals surface area contributed by atoms with Crippen molar-refractivity contribution in [3.8, 4) is 0 Å². The van der Waals surface area contributed by atoms with Crippen molar-refractivity contribution in [2.24, 2.45) is 0 Å². The van der Waals surface area contributed by atoms with E-state index in [1.807, 2.05) is 0 Å². The van der Waals surface area contributed by atoms with Crippen molar-refractivity contribution in [3.05, 3.63) is 28.3 Å². The predicted molar refractivity (Wildman–Crippen MR) is 96.3 cm³/mol. The molecule has 1 aliphatic heterocycles. The molecule has 10 nitrogen and oxygen atoms in total. The van der Waals surface area contributed by atoms with Crippen molar-refractivity contribution >= 4 is 43.9 Å². The summed E-state index contributed by atoms with van der Waals surface area (Å²) in [6, 6.07) is 3.80. The molecule has 2 aromatic rings. The topological polar surface area (TPSA) is 128 Å². The van der Waals surface area contributed by atoms with E-state index in [-0.39, 0.29) is 23.7 Å². The first-order valence-corrected chi connectivity index (χ1v) is 10.5. The lowest BCUT2D eigenvalue weighted by Crippen LogP contribution is -2.40. The van der Waals surface area contributed by atoms with Gasteiger partial charge in [-0.25, -0.2) is 8.42 Å². The summed E-state index contributed by atoms with van der Waals surface area (Å²) in [5.41, 5.74) is -0.283. The van der Waals surface area contributed by atoms with Gasteiger partial charge in [0.1, 0.15) is 4.90 Å². The lowest BCUT2D eigenvalue weighted by Gasteiger charge is -2.26. The van der Waals surface area contributed by atoms with E-state index in [4.69, 9.17) is 4.74 Å². The molecular weight excluding hydrogens is 402 g/mol. The number of non-ortho nitro benzene ring substituents is 1. The Kier molecular flexibility index (Phi) is 5.72. The molecule has 1 aliphatic rings. The van der Waals surface area contributed by atoms with E-state index in [9.17, 15) is 18.5 Å². The third-order valence-electron chi connectivity index (χ3n) is 3.54. The van der Waals surface area contributed by atoms with Gasteiger partial charge in [-0.3, -0.25) is 10.1 Å². The number of ether oxygens (including phenoxy) is 1. The number of nitrogens with one attached hydrogen (secondary N) is 1. The number of morpholine rings is 1. The van der Waals surface area contributed by atoms with E-state index in [0.29, 0.717) is 27.6 Å². The lowest BCUT2D eigenvalue weighted by molar-refractivity contribution is -0.385. The molecule has 1 aromatic heterocycles. The van der Waals surface area contributed by atoms with E-state index < -0.39 is 14.9 Å². The molecule has 0 spiro atoms. The molecule has 1 aromatic carbocycles. The van der Waals surface area contributed by atoms with Gasteiger partial charge in [-0.2, -0.15) is 4.31 Å². The number of nitrogens with zero attached hydrogens (tertiary/aromatic N) is 4. The monoisotopic (exact) mass is 417 g/mol. The number of anilines is 1. The highest BCUT2D eigenvalue weighted by Gasteiger charge is 2.31. The van der Waals surface area contributed by atoms with Crippen LogP contribution in [0.2, 0.25) is 0 Å². The van der Waals surface area contributed by atoms with Crippen molar-refractivity contribution < 1.29 is 18.1 Å². The predicted octanol–water partition coefficient (Wildman–Crippen LogP) is 1.66. The van der Waals surface area contributed by atoms with Gasteiger partial charge in [0.25, 0.3) is 5.69 Å². The molecule has 0 aliphatic carbocycles. The molecule has 1 fully saturated rings. The van der Waals surface area contributed by atoms with Crippen molar-refractivity contribution in [2.45, 2.75) is 14.1 Å². The highest BCUT2D eigenvalue weighted by atomic mass is 32.2. The van der Waals surface area contributed by atoms with Gasteiger partial charge >= 0.3 is 0 Å². The average molecular weight is 417 g/mol. The highest BCUT2D eigenvalue weighted by molar-refractivity contribution is 8.01. The maximum absolute atomic E-state index is 13.0. The minimum absolute atomic E-state index is 0.111. The third-order valence-corrected chi connectivity index (χ3v) is 7.68. The lowest BCUT2D eigenvalue weighted by atomic mass is 10.3. The molecule has 1 saturated heterocycles. The molecule has 0 amide bonds. The third kappa shape index (κ3) is 3.96. The zero-order valence-electron chi connectivity index (χ0n) is 13.6. The Balaban J connectivity index is 2.02. The molecule has 3 rings (SSSR count). The van der Waals surface area contributed by atoms with Gasteiger partial charge in [-0.05, 0) is 6.07 Å². The van der Waals surface area contributed by atoms with E-state index in [1.165, 1.54) is 27.8 Å². The molecule has 0 radical (unpaired) electrons. The number of nitro benzene ring substituents is 1. The van der Waals surface area contributed by atoms with Gasteiger partial charge in [-0.15, -0.1) is 10.2 Å². The fourth-order valence-corrected chi connectivity index (χ4v) is 5.88. The van der Waals surface area contributed by atoms with Gasteiger partial charge < -0.3 is 10.1 Å². The normalized spacial score (nSPS) is 15.7. The van der Waals surface area contributed by atoms with Crippen LogP contribution < -0.4 is 5.32 Å². The maximum Gasteiger partial charge on any atom is 0.270 e. The number of benzene rings is 1. The van der Waals surface area contributed by atoms with Crippen LogP contribution in [0.25, 0.3) is 0 Å². The van der Waals surface area contributed by atoms with Gasteiger partial charge in [0.2, 0.25) is 15.2 Å². The van der Waals surface area contributed by atoms with Gasteiger partial charge in [0.05, 0.1) is 18.1 Å². The summed E-state index contributed by atoms with van der Waals surface area (Å²) < 4.78 is 33.0. The summed E-state index contributed by atoms with van der Waals surface area (Å²) in [5.74, 6) is 0. The zero-order chi connectivity index (χ0) is 18.7. The van der Waals surface area contributed by atoms with E-state index in [1.54, 1.807) is 7.05 Å². The number of rotatable bonds is 6. The Morgan fingerprint density at radius 2 is 2.08 bits per heavy atom. The smallest absolute Gasteiger partial charge is 0.270 e. The van der Waals surface area contributed by atoms with Crippen molar-refractivity contribution in [1.82, 2.24) is 14.5 Å². The summed E-state index contributed by atoms with van der Waals surface area (Å²) in [4.78, 5) is 10.7. The zero-order valence-corrected chi connectivity index (χ0v) is 16.1. The van der Waals surface area contributed by atoms with Gasteiger partial charge in [0.15, 0.2) is 4.34 Å². The highest BCUT2D eigenvalue weighted by Crippen LogP contribution is 2.38. The fourth-order valence-electron chi connectivity index (χ4n) is 2.27. The van der Waals surface area contributed by atoms with Crippen LogP contribution in [0.4, 0.5) is 10.8 Å². The van der Waals surface area contributed by atoms with Crippen LogP contribution >= 0.6 is 23.1 Å². The molecule has 2 heterocycles. The molecule has 0 atom stereocenters. The minimum Gasteiger partial charge on any atom is -0.379 e. The first-order chi connectivity index (χ1) is 12.4. The summed E-state index contributed by atoms with van der Waals surface area (Å²) in [5, 5.41) is 22.4. The average Bonchev–Trinajstić information content (AvgIpc) is 3.10. The Morgan fingerprint density at radius 1 is 1.35 bits per heavy atom. The number of hydrogen-bond acceptors (Lipinski definition) is 10.